The molecular formula is C22H18F2. The van der Waals surface area contributed by atoms with Gasteiger partial charge in [0.05, 0.1) is 0 Å². The van der Waals surface area contributed by atoms with E-state index >= 15 is 0 Å². The van der Waals surface area contributed by atoms with Gasteiger partial charge in [-0.1, -0.05) is 50.0 Å². The van der Waals surface area contributed by atoms with Crippen LogP contribution in [0.1, 0.15) is 36.1 Å². The summed E-state index contributed by atoms with van der Waals surface area (Å²) in [6.07, 6.45) is 1.84. The van der Waals surface area contributed by atoms with Crippen molar-refractivity contribution in [3.8, 4) is 23.7 Å². The molecule has 0 bridgehead atoms. The van der Waals surface area contributed by atoms with Crippen molar-refractivity contribution in [2.75, 3.05) is 0 Å². The molecule has 0 unspecified atom stereocenters. The summed E-state index contributed by atoms with van der Waals surface area (Å²) >= 11 is 0. The largest absolute Gasteiger partial charge is 0.217 e. The molecular weight excluding hydrogens is 302 g/mol. The molecule has 0 saturated carbocycles. The highest BCUT2D eigenvalue weighted by molar-refractivity contribution is 5.45. The van der Waals surface area contributed by atoms with Gasteiger partial charge in [0.15, 0.2) is 0 Å². The number of hydrogen-bond donors (Lipinski definition) is 0. The second kappa shape index (κ2) is 8.70. The minimum absolute atomic E-state index is 0.637. The van der Waals surface area contributed by atoms with Crippen LogP contribution < -0.4 is 0 Å². The Morgan fingerprint density at radius 3 is 1.29 bits per heavy atom. The van der Waals surface area contributed by atoms with Crippen molar-refractivity contribution in [3.05, 3.63) is 82.4 Å². The predicted molar refractivity (Wildman–Crippen MR) is 94.6 cm³/mol. The lowest BCUT2D eigenvalue weighted by atomic mass is 10.1. The minimum atomic E-state index is -1.15. The van der Waals surface area contributed by atoms with Gasteiger partial charge in [0.25, 0.3) is 0 Å². The van der Waals surface area contributed by atoms with E-state index in [1.807, 2.05) is 38.1 Å². The molecule has 0 aliphatic carbocycles. The Bertz CT molecular complexity index is 760. The van der Waals surface area contributed by atoms with E-state index in [1.165, 1.54) is 11.1 Å². The first-order valence-corrected chi connectivity index (χ1v) is 7.89. The highest BCUT2D eigenvalue weighted by Gasteiger charge is 1.99. The minimum Gasteiger partial charge on any atom is -0.193 e. The van der Waals surface area contributed by atoms with Crippen LogP contribution in [0.25, 0.3) is 0 Å². The smallest absolute Gasteiger partial charge is 0.193 e. The zero-order valence-corrected chi connectivity index (χ0v) is 13.8. The third-order valence-electron chi connectivity index (χ3n) is 3.55. The molecule has 0 atom stereocenters. The maximum atomic E-state index is 13.7. The van der Waals surface area contributed by atoms with Crippen LogP contribution >= 0.6 is 0 Å². The number of rotatable bonds is 2. The molecule has 0 heterocycles. The summed E-state index contributed by atoms with van der Waals surface area (Å²) in [4.78, 5) is 0. The zero-order chi connectivity index (χ0) is 17.4. The lowest BCUT2D eigenvalue weighted by Crippen LogP contribution is -1.81. The fraction of sp³-hybridized carbons (Fsp3) is 0.182. The first kappa shape index (κ1) is 17.5. The third kappa shape index (κ3) is 5.11. The normalized spacial score (nSPS) is 10.8. The summed E-state index contributed by atoms with van der Waals surface area (Å²) < 4.78 is 27.4. The molecule has 24 heavy (non-hydrogen) atoms. The number of allylic oxidation sites excluding steroid dienone is 2. The lowest BCUT2D eigenvalue weighted by molar-refractivity contribution is 0.584. The van der Waals surface area contributed by atoms with Crippen molar-refractivity contribution in [1.82, 2.24) is 0 Å². The molecule has 0 radical (unpaired) electrons. The van der Waals surface area contributed by atoms with E-state index in [2.05, 4.69) is 23.7 Å². The molecule has 0 aliphatic rings. The summed E-state index contributed by atoms with van der Waals surface area (Å²) in [6, 6.07) is 14.8. The van der Waals surface area contributed by atoms with Crippen LogP contribution in [0.15, 0.2) is 60.2 Å². The summed E-state index contributed by atoms with van der Waals surface area (Å²) in [5, 5.41) is 0. The van der Waals surface area contributed by atoms with Crippen LogP contribution in [0, 0.1) is 23.7 Å². The van der Waals surface area contributed by atoms with Gasteiger partial charge >= 0.3 is 0 Å². The lowest BCUT2D eigenvalue weighted by Gasteiger charge is -1.95. The number of benzene rings is 2. The van der Waals surface area contributed by atoms with Gasteiger partial charge in [-0.05, 0) is 60.1 Å². The average Bonchev–Trinajstić information content (AvgIpc) is 2.64. The van der Waals surface area contributed by atoms with Crippen molar-refractivity contribution in [2.45, 2.75) is 26.7 Å². The molecule has 0 aliphatic heterocycles. The third-order valence-corrected chi connectivity index (χ3v) is 3.55. The zero-order valence-electron chi connectivity index (χ0n) is 13.8. The Morgan fingerprint density at radius 2 is 1.00 bits per heavy atom. The van der Waals surface area contributed by atoms with E-state index in [1.54, 1.807) is 24.3 Å². The van der Waals surface area contributed by atoms with Crippen LogP contribution in [0.4, 0.5) is 8.78 Å². The van der Waals surface area contributed by atoms with Crippen LogP contribution in [-0.2, 0) is 12.8 Å². The quantitative estimate of drug-likeness (QED) is 0.653. The molecule has 2 rings (SSSR count). The molecule has 0 aromatic heterocycles. The topological polar surface area (TPSA) is 0 Å². The summed E-state index contributed by atoms with van der Waals surface area (Å²) in [6.45, 7) is 4.10. The van der Waals surface area contributed by atoms with Crippen LogP contribution in [-0.4, -0.2) is 0 Å². The first-order chi connectivity index (χ1) is 11.6. The predicted octanol–water partition coefficient (Wildman–Crippen LogP) is 5.37. The van der Waals surface area contributed by atoms with Crippen molar-refractivity contribution >= 4 is 0 Å². The van der Waals surface area contributed by atoms with Gasteiger partial charge in [0.1, 0.15) is 0 Å². The second-order valence-corrected chi connectivity index (χ2v) is 5.23. The number of hydrogen-bond acceptors (Lipinski definition) is 0. The van der Waals surface area contributed by atoms with E-state index in [0.29, 0.717) is 11.1 Å². The van der Waals surface area contributed by atoms with Gasteiger partial charge in [-0.15, -0.1) is 0 Å². The molecule has 120 valence electrons. The summed E-state index contributed by atoms with van der Waals surface area (Å²) in [7, 11) is 0. The maximum Gasteiger partial charge on any atom is 0.217 e. The van der Waals surface area contributed by atoms with Gasteiger partial charge in [0, 0.05) is 11.1 Å². The van der Waals surface area contributed by atoms with Crippen LogP contribution in [0.5, 0.6) is 0 Å². The van der Waals surface area contributed by atoms with Crippen molar-refractivity contribution < 1.29 is 8.78 Å². The monoisotopic (exact) mass is 320 g/mol. The average molecular weight is 320 g/mol. The summed E-state index contributed by atoms with van der Waals surface area (Å²) in [5.41, 5.74) is 3.61. The molecule has 2 heteroatoms. The van der Waals surface area contributed by atoms with Crippen molar-refractivity contribution in [2.24, 2.45) is 0 Å². The van der Waals surface area contributed by atoms with Crippen LogP contribution in [0.3, 0.4) is 0 Å². The first-order valence-electron chi connectivity index (χ1n) is 7.89. The molecule has 0 nitrogen and oxygen atoms in total. The van der Waals surface area contributed by atoms with Crippen LogP contribution in [0.2, 0.25) is 0 Å². The van der Waals surface area contributed by atoms with Crippen molar-refractivity contribution in [3.63, 3.8) is 0 Å². The highest BCUT2D eigenvalue weighted by Crippen LogP contribution is 2.09. The number of aryl methyl sites for hydroxylation is 2. The van der Waals surface area contributed by atoms with Gasteiger partial charge in [-0.25, -0.2) is 0 Å². The van der Waals surface area contributed by atoms with E-state index in [4.69, 9.17) is 0 Å². The van der Waals surface area contributed by atoms with Gasteiger partial charge in [0.2, 0.25) is 11.7 Å². The fourth-order valence-electron chi connectivity index (χ4n) is 2.01. The molecule has 0 N–H and O–H groups in total. The summed E-state index contributed by atoms with van der Waals surface area (Å²) in [5.74, 6) is 7.26. The molecule has 2 aromatic carbocycles. The van der Waals surface area contributed by atoms with E-state index < -0.39 is 11.7 Å². The Labute approximate surface area is 142 Å². The Hall–Kier alpha value is -2.84. The molecule has 0 spiro atoms. The molecule has 0 amide bonds. The standard InChI is InChI=1S/C22H18F2/c1-3-17-5-9-19(10-6-17)13-15-21(23)22(24)16-14-20-11-7-18(4-2)8-12-20/h5-12H,3-4H2,1-2H3/b22-21+. The maximum absolute atomic E-state index is 13.7. The van der Waals surface area contributed by atoms with Crippen molar-refractivity contribution in [1.29, 1.82) is 0 Å². The Morgan fingerprint density at radius 1 is 0.667 bits per heavy atom. The Kier molecular flexibility index (Phi) is 6.35. The molecule has 2 aromatic rings. The Balaban J connectivity index is 2.13. The van der Waals surface area contributed by atoms with Gasteiger partial charge < -0.3 is 0 Å². The SMILES string of the molecule is CCc1ccc(C#C/C(F)=C(\F)C#Cc2ccc(CC)cc2)cc1. The molecule has 0 saturated heterocycles. The van der Waals surface area contributed by atoms with E-state index in [9.17, 15) is 8.78 Å². The highest BCUT2D eigenvalue weighted by atomic mass is 19.2. The van der Waals surface area contributed by atoms with E-state index in [-0.39, 0.29) is 0 Å². The van der Waals surface area contributed by atoms with Gasteiger partial charge in [-0.3, -0.25) is 0 Å². The van der Waals surface area contributed by atoms with Gasteiger partial charge in [-0.2, -0.15) is 8.78 Å². The molecule has 0 fully saturated rings. The fourth-order valence-corrected chi connectivity index (χ4v) is 2.01. The second-order valence-electron chi connectivity index (χ2n) is 5.23. The van der Waals surface area contributed by atoms with E-state index in [0.717, 1.165) is 12.8 Å². The number of halogens is 2.